The zero-order valence-electron chi connectivity index (χ0n) is 11.1. The Kier molecular flexibility index (Phi) is 7.27. The first-order valence-electron chi connectivity index (χ1n) is 5.46. The molecule has 0 atom stereocenters. The Hall–Kier alpha value is -1.36. The molecule has 5 heteroatoms. The van der Waals surface area contributed by atoms with E-state index in [1.54, 1.807) is 26.1 Å². The molecule has 0 aromatic heterocycles. The second kappa shape index (κ2) is 7.87. The lowest BCUT2D eigenvalue weighted by atomic mass is 10.2. The van der Waals surface area contributed by atoms with Crippen molar-refractivity contribution in [3.63, 3.8) is 0 Å². The number of hydrogen-bond donors (Lipinski definition) is 0. The SMILES string of the molecule is C=C(C(=O)OCC)/C(=C\C=C(/C)Br)N(C)C(C)=O. The number of nitrogens with zero attached hydrogens (tertiary/aromatic N) is 1. The van der Waals surface area contributed by atoms with Crippen LogP contribution in [0.2, 0.25) is 0 Å². The smallest absolute Gasteiger partial charge is 0.339 e. The molecule has 18 heavy (non-hydrogen) atoms. The van der Waals surface area contributed by atoms with E-state index < -0.39 is 5.97 Å². The maximum Gasteiger partial charge on any atom is 0.339 e. The quantitative estimate of drug-likeness (QED) is 0.445. The lowest BCUT2D eigenvalue weighted by Gasteiger charge is -2.19. The number of carbonyl (C=O) groups is 2. The summed E-state index contributed by atoms with van der Waals surface area (Å²) in [6.07, 6.45) is 3.38. The lowest BCUT2D eigenvalue weighted by Crippen LogP contribution is -2.26. The van der Waals surface area contributed by atoms with Gasteiger partial charge in [0.25, 0.3) is 0 Å². The zero-order valence-corrected chi connectivity index (χ0v) is 12.7. The van der Waals surface area contributed by atoms with Crippen molar-refractivity contribution in [2.45, 2.75) is 20.8 Å². The predicted octanol–water partition coefficient (Wildman–Crippen LogP) is 2.77. The molecule has 1 amide bonds. The van der Waals surface area contributed by atoms with Crippen molar-refractivity contribution >= 4 is 27.8 Å². The number of halogens is 1. The molecule has 100 valence electrons. The maximum atomic E-state index is 11.6. The fourth-order valence-corrected chi connectivity index (χ4v) is 1.23. The number of rotatable bonds is 5. The van der Waals surface area contributed by atoms with Gasteiger partial charge in [-0.05, 0) is 24.4 Å². The first-order chi connectivity index (χ1) is 8.31. The molecule has 0 aliphatic carbocycles. The Morgan fingerprint density at radius 2 is 1.89 bits per heavy atom. The first kappa shape index (κ1) is 16.6. The van der Waals surface area contributed by atoms with E-state index in [4.69, 9.17) is 4.74 Å². The van der Waals surface area contributed by atoms with E-state index in [-0.39, 0.29) is 18.1 Å². The normalized spacial score (nSPS) is 12.1. The van der Waals surface area contributed by atoms with Crippen LogP contribution < -0.4 is 0 Å². The molecule has 0 aromatic rings. The van der Waals surface area contributed by atoms with Crippen LogP contribution in [-0.4, -0.2) is 30.4 Å². The standard InChI is InChI=1S/C13H18BrNO3/c1-6-18-13(17)10(3)12(8-7-9(2)14)15(5)11(4)16/h7-8H,3,6H2,1-2,4-5H3/b9-7+,12-8+. The predicted molar refractivity (Wildman–Crippen MR) is 75.0 cm³/mol. The van der Waals surface area contributed by atoms with E-state index in [1.165, 1.54) is 11.8 Å². The number of amides is 1. The molecule has 0 aliphatic heterocycles. The molecule has 0 aromatic carbocycles. The molecule has 0 aliphatic rings. The van der Waals surface area contributed by atoms with Gasteiger partial charge in [-0.25, -0.2) is 4.79 Å². The van der Waals surface area contributed by atoms with Crippen molar-refractivity contribution in [3.05, 3.63) is 34.5 Å². The van der Waals surface area contributed by atoms with Crippen LogP contribution in [0.25, 0.3) is 0 Å². The molecule has 0 heterocycles. The Morgan fingerprint density at radius 3 is 2.28 bits per heavy atom. The number of hydrogen-bond acceptors (Lipinski definition) is 3. The van der Waals surface area contributed by atoms with E-state index in [0.29, 0.717) is 5.70 Å². The zero-order chi connectivity index (χ0) is 14.3. The summed E-state index contributed by atoms with van der Waals surface area (Å²) in [5, 5.41) is 0. The molecule has 0 saturated heterocycles. The monoisotopic (exact) mass is 315 g/mol. The van der Waals surface area contributed by atoms with Gasteiger partial charge in [0, 0.05) is 14.0 Å². The molecule has 0 rings (SSSR count). The first-order valence-corrected chi connectivity index (χ1v) is 6.25. The third-order valence-electron chi connectivity index (χ3n) is 2.14. The van der Waals surface area contributed by atoms with Crippen LogP contribution in [0.4, 0.5) is 0 Å². The van der Waals surface area contributed by atoms with E-state index in [1.807, 2.05) is 6.92 Å². The Morgan fingerprint density at radius 1 is 1.33 bits per heavy atom. The number of esters is 1. The highest BCUT2D eigenvalue weighted by Crippen LogP contribution is 2.16. The Labute approximate surface area is 116 Å². The van der Waals surface area contributed by atoms with Crippen LogP contribution in [-0.2, 0) is 14.3 Å². The van der Waals surface area contributed by atoms with E-state index in [9.17, 15) is 9.59 Å². The van der Waals surface area contributed by atoms with Crippen LogP contribution in [0.15, 0.2) is 34.5 Å². The van der Waals surface area contributed by atoms with Crippen LogP contribution in [0, 0.1) is 0 Å². The average Bonchev–Trinajstić information content (AvgIpc) is 2.28. The summed E-state index contributed by atoms with van der Waals surface area (Å²) < 4.78 is 5.74. The fraction of sp³-hybridized carbons (Fsp3) is 0.385. The molecule has 4 nitrogen and oxygen atoms in total. The topological polar surface area (TPSA) is 46.6 Å². The molecular weight excluding hydrogens is 298 g/mol. The highest BCUT2D eigenvalue weighted by molar-refractivity contribution is 9.11. The largest absolute Gasteiger partial charge is 0.462 e. The molecule has 0 spiro atoms. The number of likely N-dealkylation sites (N-methyl/N-ethyl adjacent to an activating group) is 1. The number of carbonyl (C=O) groups excluding carboxylic acids is 2. The second-order valence-electron chi connectivity index (χ2n) is 3.58. The van der Waals surface area contributed by atoms with Crippen molar-refractivity contribution in [1.29, 1.82) is 0 Å². The fourth-order valence-electron chi connectivity index (χ4n) is 1.10. The Balaban J connectivity index is 5.29. The minimum Gasteiger partial charge on any atom is -0.462 e. The van der Waals surface area contributed by atoms with E-state index >= 15 is 0 Å². The van der Waals surface area contributed by atoms with Gasteiger partial charge in [0.2, 0.25) is 5.91 Å². The van der Waals surface area contributed by atoms with Gasteiger partial charge >= 0.3 is 5.97 Å². The number of allylic oxidation sites excluding steroid dienone is 3. The van der Waals surface area contributed by atoms with Gasteiger partial charge in [-0.15, -0.1) is 0 Å². The summed E-state index contributed by atoms with van der Waals surface area (Å²) >= 11 is 3.27. The molecule has 0 radical (unpaired) electrons. The molecule has 0 N–H and O–H groups in total. The second-order valence-corrected chi connectivity index (χ2v) is 4.83. The third-order valence-corrected chi connectivity index (χ3v) is 2.40. The summed E-state index contributed by atoms with van der Waals surface area (Å²) in [6.45, 7) is 8.91. The van der Waals surface area contributed by atoms with Gasteiger partial charge in [-0.1, -0.05) is 28.6 Å². The van der Waals surface area contributed by atoms with Gasteiger partial charge in [0.05, 0.1) is 17.9 Å². The highest BCUT2D eigenvalue weighted by atomic mass is 79.9. The minimum atomic E-state index is -0.530. The summed E-state index contributed by atoms with van der Waals surface area (Å²) in [7, 11) is 1.58. The highest BCUT2D eigenvalue weighted by Gasteiger charge is 2.18. The molecule has 0 bridgehead atoms. The molecule has 0 unspecified atom stereocenters. The van der Waals surface area contributed by atoms with E-state index in [2.05, 4.69) is 22.5 Å². The van der Waals surface area contributed by atoms with Gasteiger partial charge in [-0.2, -0.15) is 0 Å². The van der Waals surface area contributed by atoms with Crippen molar-refractivity contribution in [2.75, 3.05) is 13.7 Å². The summed E-state index contributed by atoms with van der Waals surface area (Å²) in [6, 6.07) is 0. The van der Waals surface area contributed by atoms with Crippen molar-refractivity contribution in [1.82, 2.24) is 4.90 Å². The van der Waals surface area contributed by atoms with Gasteiger partial charge in [-0.3, -0.25) is 4.79 Å². The lowest BCUT2D eigenvalue weighted by molar-refractivity contribution is -0.138. The number of ether oxygens (including phenoxy) is 1. The van der Waals surface area contributed by atoms with Crippen molar-refractivity contribution in [3.8, 4) is 0 Å². The van der Waals surface area contributed by atoms with Crippen LogP contribution in [0.1, 0.15) is 20.8 Å². The Bertz CT molecular complexity index is 406. The van der Waals surface area contributed by atoms with Gasteiger partial charge in [0.1, 0.15) is 0 Å². The van der Waals surface area contributed by atoms with Crippen molar-refractivity contribution < 1.29 is 14.3 Å². The van der Waals surface area contributed by atoms with Crippen LogP contribution >= 0.6 is 15.9 Å². The van der Waals surface area contributed by atoms with Crippen molar-refractivity contribution in [2.24, 2.45) is 0 Å². The van der Waals surface area contributed by atoms with E-state index in [0.717, 1.165) is 4.48 Å². The maximum absolute atomic E-state index is 11.6. The summed E-state index contributed by atoms with van der Waals surface area (Å²) in [5.74, 6) is -0.718. The molecular formula is C13H18BrNO3. The summed E-state index contributed by atoms with van der Waals surface area (Å²) in [5.41, 5.74) is 0.569. The van der Waals surface area contributed by atoms with Gasteiger partial charge < -0.3 is 9.64 Å². The third kappa shape index (κ3) is 5.31. The minimum absolute atomic E-state index is 0.152. The summed E-state index contributed by atoms with van der Waals surface area (Å²) in [4.78, 5) is 24.4. The molecule has 0 saturated carbocycles. The average molecular weight is 316 g/mol. The van der Waals surface area contributed by atoms with Gasteiger partial charge in [0.15, 0.2) is 0 Å². The molecule has 0 fully saturated rings. The van der Waals surface area contributed by atoms with Crippen LogP contribution in [0.5, 0.6) is 0 Å². The van der Waals surface area contributed by atoms with Crippen LogP contribution in [0.3, 0.4) is 0 Å².